The Morgan fingerprint density at radius 3 is 3.16 bits per heavy atom. The van der Waals surface area contributed by atoms with Crippen LogP contribution in [0.3, 0.4) is 0 Å². The predicted octanol–water partition coefficient (Wildman–Crippen LogP) is 0.972. The minimum absolute atomic E-state index is 0.0409. The number of hydrogen-bond donors (Lipinski definition) is 1. The minimum atomic E-state index is -0.487. The van der Waals surface area contributed by atoms with Gasteiger partial charge in [-0.05, 0) is 19.8 Å². The number of nitro groups is 1. The summed E-state index contributed by atoms with van der Waals surface area (Å²) >= 11 is 0. The highest BCUT2D eigenvalue weighted by Gasteiger charge is 2.27. The second-order valence-electron chi connectivity index (χ2n) is 4.36. The van der Waals surface area contributed by atoms with Crippen LogP contribution >= 0.6 is 0 Å². The van der Waals surface area contributed by atoms with Crippen LogP contribution in [0.1, 0.15) is 19.8 Å². The molecule has 1 saturated heterocycles. The zero-order valence-electron chi connectivity index (χ0n) is 10.8. The summed E-state index contributed by atoms with van der Waals surface area (Å²) in [5.41, 5.74) is 5.41. The molecule has 0 aliphatic carbocycles. The van der Waals surface area contributed by atoms with Crippen molar-refractivity contribution in [3.05, 3.63) is 16.3 Å². The number of nitrogens with two attached hydrogens (primary N) is 1. The summed E-state index contributed by atoms with van der Waals surface area (Å²) < 4.78 is 5.58. The van der Waals surface area contributed by atoms with Gasteiger partial charge in [-0.3, -0.25) is 10.1 Å². The van der Waals surface area contributed by atoms with Gasteiger partial charge in [0.25, 0.3) is 0 Å². The standard InChI is InChI=1S/C11H17N5O3/c1-2-19-8-4-3-5-15(7-8)10-9(16(17)18)6-13-11(12)14-10/h6,8H,2-5,7H2,1H3,(H2,12,13,14). The molecule has 0 saturated carbocycles. The third-order valence-corrected chi connectivity index (χ3v) is 3.05. The van der Waals surface area contributed by atoms with Crippen molar-refractivity contribution in [2.75, 3.05) is 30.3 Å². The number of rotatable bonds is 4. The fraction of sp³-hybridized carbons (Fsp3) is 0.636. The summed E-state index contributed by atoms with van der Waals surface area (Å²) in [6.07, 6.45) is 3.10. The number of aromatic nitrogens is 2. The van der Waals surface area contributed by atoms with Crippen LogP contribution in [0.25, 0.3) is 0 Å². The Labute approximate surface area is 110 Å². The number of anilines is 2. The molecule has 2 N–H and O–H groups in total. The average molecular weight is 267 g/mol. The topological polar surface area (TPSA) is 107 Å². The normalized spacial score (nSPS) is 19.4. The lowest BCUT2D eigenvalue weighted by Gasteiger charge is -2.32. The molecule has 2 heterocycles. The van der Waals surface area contributed by atoms with Gasteiger partial charge in [0.2, 0.25) is 11.8 Å². The third kappa shape index (κ3) is 3.08. The molecule has 0 spiro atoms. The van der Waals surface area contributed by atoms with Crippen molar-refractivity contribution in [3.8, 4) is 0 Å². The molecular weight excluding hydrogens is 250 g/mol. The Balaban J connectivity index is 2.24. The first kappa shape index (κ1) is 13.5. The molecule has 19 heavy (non-hydrogen) atoms. The molecule has 8 heteroatoms. The molecule has 1 aromatic heterocycles. The smallest absolute Gasteiger partial charge is 0.329 e. The highest BCUT2D eigenvalue weighted by atomic mass is 16.6. The molecule has 0 aromatic carbocycles. The molecule has 2 rings (SSSR count). The van der Waals surface area contributed by atoms with E-state index in [4.69, 9.17) is 10.5 Å². The molecule has 1 aromatic rings. The van der Waals surface area contributed by atoms with Gasteiger partial charge in [0.15, 0.2) is 0 Å². The summed E-state index contributed by atoms with van der Waals surface area (Å²) in [7, 11) is 0. The largest absolute Gasteiger partial charge is 0.377 e. The lowest BCUT2D eigenvalue weighted by atomic mass is 10.1. The van der Waals surface area contributed by atoms with E-state index in [2.05, 4.69) is 9.97 Å². The van der Waals surface area contributed by atoms with Crippen molar-refractivity contribution in [2.24, 2.45) is 0 Å². The number of hydrogen-bond acceptors (Lipinski definition) is 7. The molecule has 104 valence electrons. The van der Waals surface area contributed by atoms with E-state index >= 15 is 0 Å². The van der Waals surface area contributed by atoms with Crippen molar-refractivity contribution in [1.82, 2.24) is 9.97 Å². The zero-order valence-corrected chi connectivity index (χ0v) is 10.8. The molecule has 0 amide bonds. The lowest BCUT2D eigenvalue weighted by molar-refractivity contribution is -0.384. The maximum Gasteiger partial charge on any atom is 0.329 e. The van der Waals surface area contributed by atoms with Crippen molar-refractivity contribution >= 4 is 17.5 Å². The number of ether oxygens (including phenoxy) is 1. The first-order valence-electron chi connectivity index (χ1n) is 6.25. The third-order valence-electron chi connectivity index (χ3n) is 3.05. The van der Waals surface area contributed by atoms with Crippen molar-refractivity contribution < 1.29 is 9.66 Å². The summed E-state index contributed by atoms with van der Waals surface area (Å²) in [5.74, 6) is 0.320. The number of nitrogen functional groups attached to an aromatic ring is 1. The van der Waals surface area contributed by atoms with Crippen LogP contribution in [0, 0.1) is 10.1 Å². The molecule has 0 radical (unpaired) electrons. The highest BCUT2D eigenvalue weighted by Crippen LogP contribution is 2.28. The van der Waals surface area contributed by atoms with Gasteiger partial charge in [-0.2, -0.15) is 4.98 Å². The van der Waals surface area contributed by atoms with E-state index in [0.717, 1.165) is 19.0 Å². The predicted molar refractivity (Wildman–Crippen MR) is 70.0 cm³/mol. The molecule has 8 nitrogen and oxygen atoms in total. The Hall–Kier alpha value is -1.96. The molecule has 1 aliphatic rings. The van der Waals surface area contributed by atoms with Crippen LogP contribution in [-0.4, -0.2) is 40.7 Å². The van der Waals surface area contributed by atoms with Gasteiger partial charge in [-0.15, -0.1) is 0 Å². The van der Waals surface area contributed by atoms with Crippen LogP contribution in [0.4, 0.5) is 17.5 Å². The van der Waals surface area contributed by atoms with Gasteiger partial charge in [0.05, 0.1) is 11.0 Å². The first-order chi connectivity index (χ1) is 9.11. The molecule has 1 fully saturated rings. The Morgan fingerprint density at radius 1 is 1.68 bits per heavy atom. The maximum absolute atomic E-state index is 11.0. The van der Waals surface area contributed by atoms with Crippen LogP contribution in [-0.2, 0) is 4.74 Å². The molecule has 1 atom stereocenters. The maximum atomic E-state index is 11.0. The molecular formula is C11H17N5O3. The Bertz CT molecular complexity index is 466. The van der Waals surface area contributed by atoms with E-state index in [-0.39, 0.29) is 23.6 Å². The van der Waals surface area contributed by atoms with Crippen LogP contribution < -0.4 is 10.6 Å². The Morgan fingerprint density at radius 2 is 2.47 bits per heavy atom. The first-order valence-corrected chi connectivity index (χ1v) is 6.25. The van der Waals surface area contributed by atoms with Gasteiger partial charge in [0, 0.05) is 19.7 Å². The van der Waals surface area contributed by atoms with Gasteiger partial charge in [0.1, 0.15) is 6.20 Å². The second kappa shape index (κ2) is 5.79. The SMILES string of the molecule is CCOC1CCCN(c2nc(N)ncc2[N+](=O)[O-])C1. The fourth-order valence-corrected chi connectivity index (χ4v) is 2.24. The monoisotopic (exact) mass is 267 g/mol. The van der Waals surface area contributed by atoms with Gasteiger partial charge >= 0.3 is 5.69 Å². The van der Waals surface area contributed by atoms with E-state index in [1.807, 2.05) is 11.8 Å². The van der Waals surface area contributed by atoms with Gasteiger partial charge in [-0.25, -0.2) is 4.98 Å². The molecule has 1 aliphatic heterocycles. The van der Waals surface area contributed by atoms with E-state index in [1.165, 1.54) is 0 Å². The summed E-state index contributed by atoms with van der Waals surface area (Å²) in [5, 5.41) is 11.0. The van der Waals surface area contributed by atoms with E-state index in [0.29, 0.717) is 19.7 Å². The minimum Gasteiger partial charge on any atom is -0.377 e. The van der Waals surface area contributed by atoms with Crippen molar-refractivity contribution in [1.29, 1.82) is 0 Å². The average Bonchev–Trinajstić information content (AvgIpc) is 2.39. The summed E-state index contributed by atoms with van der Waals surface area (Å²) in [4.78, 5) is 20.1. The Kier molecular flexibility index (Phi) is 4.10. The van der Waals surface area contributed by atoms with Crippen molar-refractivity contribution in [3.63, 3.8) is 0 Å². The van der Waals surface area contributed by atoms with Crippen molar-refractivity contribution in [2.45, 2.75) is 25.9 Å². The van der Waals surface area contributed by atoms with E-state index in [9.17, 15) is 10.1 Å². The molecule has 1 unspecified atom stereocenters. The highest BCUT2D eigenvalue weighted by molar-refractivity contribution is 5.58. The fourth-order valence-electron chi connectivity index (χ4n) is 2.24. The number of piperidine rings is 1. The zero-order chi connectivity index (χ0) is 13.8. The lowest BCUT2D eigenvalue weighted by Crippen LogP contribution is -2.40. The van der Waals surface area contributed by atoms with Crippen LogP contribution in [0.2, 0.25) is 0 Å². The van der Waals surface area contributed by atoms with Gasteiger partial charge < -0.3 is 15.4 Å². The molecule has 0 bridgehead atoms. The van der Waals surface area contributed by atoms with E-state index < -0.39 is 4.92 Å². The van der Waals surface area contributed by atoms with Gasteiger partial charge in [-0.1, -0.05) is 0 Å². The quantitative estimate of drug-likeness (QED) is 0.639. The van der Waals surface area contributed by atoms with E-state index in [1.54, 1.807) is 0 Å². The van der Waals surface area contributed by atoms with Crippen LogP contribution in [0.5, 0.6) is 0 Å². The summed E-state index contributed by atoms with van der Waals surface area (Å²) in [6, 6.07) is 0. The number of nitrogens with zero attached hydrogens (tertiary/aromatic N) is 4. The van der Waals surface area contributed by atoms with Crippen LogP contribution in [0.15, 0.2) is 6.20 Å². The summed E-state index contributed by atoms with van der Waals surface area (Å²) in [6.45, 7) is 3.86. The second-order valence-corrected chi connectivity index (χ2v) is 4.36.